The van der Waals surface area contributed by atoms with Gasteiger partial charge in [0.2, 0.25) is 6.43 Å². The highest BCUT2D eigenvalue weighted by atomic mass is 19.3. The molecule has 1 aliphatic rings. The molecule has 4 heteroatoms. The monoisotopic (exact) mass is 286 g/mol. The van der Waals surface area contributed by atoms with E-state index >= 15 is 0 Å². The fraction of sp³-hybridized carbons (Fsp3) is 0.500. The van der Waals surface area contributed by atoms with Crippen molar-refractivity contribution in [2.75, 3.05) is 0 Å². The summed E-state index contributed by atoms with van der Waals surface area (Å²) in [6, 6.07) is 4.07. The molecule has 0 aromatic heterocycles. The second-order valence-electron chi connectivity index (χ2n) is 5.34. The zero-order chi connectivity index (χ0) is 14.5. The second kappa shape index (κ2) is 6.91. The van der Waals surface area contributed by atoms with E-state index in [1.807, 2.05) is 6.08 Å². The highest BCUT2D eigenvalue weighted by molar-refractivity contribution is 5.22. The molecule has 110 valence electrons. The third kappa shape index (κ3) is 4.09. The molecule has 0 amide bonds. The van der Waals surface area contributed by atoms with E-state index in [1.54, 1.807) is 12.1 Å². The van der Waals surface area contributed by atoms with Crippen LogP contribution in [0.25, 0.3) is 0 Å². The molecule has 0 N–H and O–H groups in total. The van der Waals surface area contributed by atoms with E-state index in [4.69, 9.17) is 0 Å². The van der Waals surface area contributed by atoms with Gasteiger partial charge in [-0.2, -0.15) is 0 Å². The number of alkyl halides is 2. The summed E-state index contributed by atoms with van der Waals surface area (Å²) in [5, 5.41) is 0. The maximum Gasteiger partial charge on any atom is 0.242 e. The van der Waals surface area contributed by atoms with Crippen molar-refractivity contribution in [3.8, 4) is 0 Å². The topological polar surface area (TPSA) is 0 Å². The molecule has 1 aromatic carbocycles. The fourth-order valence-electron chi connectivity index (χ4n) is 2.79. The molecule has 1 fully saturated rings. The summed E-state index contributed by atoms with van der Waals surface area (Å²) in [7, 11) is 0. The standard InChI is InChI=1S/C16H18F4/c17-14-9-8-13(10-15(14)18)12-6-4-11(5-7-12)2-1-3-16(19)20/h1-2,8-12,16H,3-7H2. The molecule has 1 saturated carbocycles. The zero-order valence-corrected chi connectivity index (χ0v) is 11.2. The fourth-order valence-corrected chi connectivity index (χ4v) is 2.79. The first-order valence-electron chi connectivity index (χ1n) is 6.96. The third-order valence-electron chi connectivity index (χ3n) is 3.91. The van der Waals surface area contributed by atoms with E-state index in [-0.39, 0.29) is 12.3 Å². The van der Waals surface area contributed by atoms with Gasteiger partial charge in [-0.1, -0.05) is 18.2 Å². The average molecular weight is 286 g/mol. The van der Waals surface area contributed by atoms with Crippen LogP contribution in [0.4, 0.5) is 17.6 Å². The molecule has 0 aliphatic heterocycles. The van der Waals surface area contributed by atoms with Crippen molar-refractivity contribution in [3.05, 3.63) is 47.5 Å². The van der Waals surface area contributed by atoms with Crippen molar-refractivity contribution in [1.82, 2.24) is 0 Å². The lowest BCUT2D eigenvalue weighted by Crippen LogP contribution is -2.12. The van der Waals surface area contributed by atoms with E-state index in [0.717, 1.165) is 31.2 Å². The molecule has 1 aliphatic carbocycles. The molecule has 0 spiro atoms. The smallest absolute Gasteiger partial charge is 0.210 e. The number of benzene rings is 1. The van der Waals surface area contributed by atoms with Crippen LogP contribution < -0.4 is 0 Å². The van der Waals surface area contributed by atoms with Crippen LogP contribution in [0.3, 0.4) is 0 Å². The van der Waals surface area contributed by atoms with E-state index in [2.05, 4.69) is 0 Å². The van der Waals surface area contributed by atoms with Gasteiger partial charge in [-0.25, -0.2) is 17.6 Å². The maximum absolute atomic E-state index is 13.2. The summed E-state index contributed by atoms with van der Waals surface area (Å²) < 4.78 is 50.1. The van der Waals surface area contributed by atoms with E-state index in [0.29, 0.717) is 5.92 Å². The Bertz CT molecular complexity index is 460. The minimum Gasteiger partial charge on any atom is -0.210 e. The molecule has 0 unspecified atom stereocenters. The minimum absolute atomic E-state index is 0.191. The lowest BCUT2D eigenvalue weighted by atomic mass is 9.78. The van der Waals surface area contributed by atoms with Gasteiger partial charge in [-0.05, 0) is 55.2 Å². The van der Waals surface area contributed by atoms with Gasteiger partial charge in [0.25, 0.3) is 0 Å². The predicted octanol–water partition coefficient (Wildman–Crippen LogP) is 5.45. The molecule has 20 heavy (non-hydrogen) atoms. The molecule has 0 bridgehead atoms. The van der Waals surface area contributed by atoms with Crippen LogP contribution in [0.1, 0.15) is 43.6 Å². The quantitative estimate of drug-likeness (QED) is 0.510. The summed E-state index contributed by atoms with van der Waals surface area (Å²) in [5.41, 5.74) is 0.832. The Kier molecular flexibility index (Phi) is 5.21. The largest absolute Gasteiger partial charge is 0.242 e. The van der Waals surface area contributed by atoms with Gasteiger partial charge in [0, 0.05) is 6.42 Å². The van der Waals surface area contributed by atoms with Gasteiger partial charge in [0.1, 0.15) is 0 Å². The molecule has 0 atom stereocenters. The van der Waals surface area contributed by atoms with Crippen molar-refractivity contribution in [1.29, 1.82) is 0 Å². The first-order chi connectivity index (χ1) is 9.56. The van der Waals surface area contributed by atoms with Crippen LogP contribution in [0.15, 0.2) is 30.4 Å². The van der Waals surface area contributed by atoms with Crippen molar-refractivity contribution in [3.63, 3.8) is 0 Å². The number of hydrogen-bond donors (Lipinski definition) is 0. The van der Waals surface area contributed by atoms with Gasteiger partial charge in [-0.3, -0.25) is 0 Å². The predicted molar refractivity (Wildman–Crippen MR) is 70.8 cm³/mol. The molecular weight excluding hydrogens is 268 g/mol. The Labute approximate surface area is 116 Å². The van der Waals surface area contributed by atoms with Gasteiger partial charge in [0.15, 0.2) is 11.6 Å². The van der Waals surface area contributed by atoms with Crippen LogP contribution in [0, 0.1) is 17.6 Å². The van der Waals surface area contributed by atoms with Crippen molar-refractivity contribution in [2.24, 2.45) is 5.92 Å². The number of halogens is 4. The van der Waals surface area contributed by atoms with Crippen LogP contribution in [-0.4, -0.2) is 6.43 Å². The van der Waals surface area contributed by atoms with Crippen molar-refractivity contribution >= 4 is 0 Å². The molecule has 0 saturated heterocycles. The second-order valence-corrected chi connectivity index (χ2v) is 5.34. The van der Waals surface area contributed by atoms with E-state index < -0.39 is 18.1 Å². The summed E-state index contributed by atoms with van der Waals surface area (Å²) >= 11 is 0. The molecule has 2 rings (SSSR count). The Hall–Kier alpha value is -1.32. The lowest BCUT2D eigenvalue weighted by Gasteiger charge is -2.27. The summed E-state index contributed by atoms with van der Waals surface area (Å²) in [6.07, 6.45) is 4.52. The summed E-state index contributed by atoms with van der Waals surface area (Å²) in [6.45, 7) is 0. The van der Waals surface area contributed by atoms with Gasteiger partial charge >= 0.3 is 0 Å². The highest BCUT2D eigenvalue weighted by Gasteiger charge is 2.21. The van der Waals surface area contributed by atoms with Crippen LogP contribution >= 0.6 is 0 Å². The SMILES string of the molecule is Fc1ccc(C2CCC(C=CCC(F)F)CC2)cc1F. The first-order valence-corrected chi connectivity index (χ1v) is 6.96. The maximum atomic E-state index is 13.2. The molecular formula is C16H18F4. The summed E-state index contributed by atoms with van der Waals surface area (Å²) in [4.78, 5) is 0. The molecule has 0 radical (unpaired) electrons. The average Bonchev–Trinajstić information content (AvgIpc) is 2.42. The minimum atomic E-state index is -2.29. The normalized spacial score (nSPS) is 23.6. The molecule has 1 aromatic rings. The van der Waals surface area contributed by atoms with E-state index in [1.165, 1.54) is 12.1 Å². The van der Waals surface area contributed by atoms with Gasteiger partial charge in [-0.15, -0.1) is 0 Å². The van der Waals surface area contributed by atoms with Crippen LogP contribution in [0.2, 0.25) is 0 Å². The number of rotatable bonds is 4. The lowest BCUT2D eigenvalue weighted by molar-refractivity contribution is 0.152. The Balaban J connectivity index is 1.87. The van der Waals surface area contributed by atoms with Crippen LogP contribution in [0.5, 0.6) is 0 Å². The molecule has 0 heterocycles. The summed E-state index contributed by atoms with van der Waals surface area (Å²) in [5.74, 6) is -1.06. The highest BCUT2D eigenvalue weighted by Crippen LogP contribution is 2.36. The first kappa shape index (κ1) is 15.1. The van der Waals surface area contributed by atoms with Crippen LogP contribution in [-0.2, 0) is 0 Å². The Morgan fingerprint density at radius 2 is 1.75 bits per heavy atom. The number of allylic oxidation sites excluding steroid dienone is 2. The zero-order valence-electron chi connectivity index (χ0n) is 11.2. The molecule has 0 nitrogen and oxygen atoms in total. The van der Waals surface area contributed by atoms with Crippen molar-refractivity contribution in [2.45, 2.75) is 44.4 Å². The number of hydrogen-bond acceptors (Lipinski definition) is 0. The Morgan fingerprint density at radius 1 is 1.05 bits per heavy atom. The van der Waals surface area contributed by atoms with Gasteiger partial charge in [0.05, 0.1) is 0 Å². The van der Waals surface area contributed by atoms with Crippen molar-refractivity contribution < 1.29 is 17.6 Å². The Morgan fingerprint density at radius 3 is 2.35 bits per heavy atom. The van der Waals surface area contributed by atoms with E-state index in [9.17, 15) is 17.6 Å². The van der Waals surface area contributed by atoms with Gasteiger partial charge < -0.3 is 0 Å². The third-order valence-corrected chi connectivity index (χ3v) is 3.91.